The minimum atomic E-state index is -0.614. The molecule has 4 N–H and O–H groups in total. The molecule has 1 aliphatic carbocycles. The van der Waals surface area contributed by atoms with Crippen LogP contribution >= 0.6 is 0 Å². The molecule has 1 aliphatic rings. The monoisotopic (exact) mass is 275 g/mol. The Kier molecular flexibility index (Phi) is 3.74. The standard InChI is InChI=1S/C14H17N3O3/c1-16-11(18)8-17-12(19)9-3-2-4-10(7-9)14(5-6-14)13(15)20/h2-4,7H,5-6,8H2,1H3,(H2,15,20)(H,16,18)(H,17,19). The summed E-state index contributed by atoms with van der Waals surface area (Å²) in [6.45, 7) is -0.0828. The van der Waals surface area contributed by atoms with Gasteiger partial charge in [0.1, 0.15) is 0 Å². The second-order valence-corrected chi connectivity index (χ2v) is 4.88. The van der Waals surface area contributed by atoms with Crippen LogP contribution in [0.2, 0.25) is 0 Å². The van der Waals surface area contributed by atoms with Gasteiger partial charge in [-0.1, -0.05) is 12.1 Å². The lowest BCUT2D eigenvalue weighted by Crippen LogP contribution is -2.35. The highest BCUT2D eigenvalue weighted by molar-refractivity contribution is 5.97. The molecule has 0 aliphatic heterocycles. The normalized spacial score (nSPS) is 15.2. The second-order valence-electron chi connectivity index (χ2n) is 4.88. The summed E-state index contributed by atoms with van der Waals surface area (Å²) in [5.41, 5.74) is 5.98. The van der Waals surface area contributed by atoms with Gasteiger partial charge in [0.15, 0.2) is 0 Å². The van der Waals surface area contributed by atoms with Gasteiger partial charge < -0.3 is 16.4 Å². The molecule has 1 aromatic carbocycles. The van der Waals surface area contributed by atoms with Crippen LogP contribution in [0.15, 0.2) is 24.3 Å². The zero-order chi connectivity index (χ0) is 14.8. The molecule has 0 unspecified atom stereocenters. The minimum Gasteiger partial charge on any atom is -0.369 e. The van der Waals surface area contributed by atoms with E-state index in [-0.39, 0.29) is 24.3 Å². The predicted molar refractivity (Wildman–Crippen MR) is 72.9 cm³/mol. The van der Waals surface area contributed by atoms with E-state index in [0.717, 1.165) is 5.56 Å². The quantitative estimate of drug-likeness (QED) is 0.686. The van der Waals surface area contributed by atoms with E-state index in [2.05, 4.69) is 10.6 Å². The molecule has 0 saturated heterocycles. The fraction of sp³-hybridized carbons (Fsp3) is 0.357. The minimum absolute atomic E-state index is 0.0828. The number of benzene rings is 1. The number of amides is 3. The van der Waals surface area contributed by atoms with Crippen molar-refractivity contribution in [2.45, 2.75) is 18.3 Å². The topological polar surface area (TPSA) is 101 Å². The molecule has 0 heterocycles. The Morgan fingerprint density at radius 1 is 1.30 bits per heavy atom. The number of hydrogen-bond donors (Lipinski definition) is 3. The zero-order valence-electron chi connectivity index (χ0n) is 11.2. The van der Waals surface area contributed by atoms with E-state index in [4.69, 9.17) is 5.73 Å². The third kappa shape index (κ3) is 2.64. The molecular formula is C14H17N3O3. The number of nitrogens with one attached hydrogen (secondary N) is 2. The van der Waals surface area contributed by atoms with E-state index >= 15 is 0 Å². The van der Waals surface area contributed by atoms with Crippen molar-refractivity contribution in [3.05, 3.63) is 35.4 Å². The van der Waals surface area contributed by atoms with Crippen LogP contribution in [-0.4, -0.2) is 31.3 Å². The Morgan fingerprint density at radius 3 is 2.55 bits per heavy atom. The van der Waals surface area contributed by atoms with Gasteiger partial charge in [-0.3, -0.25) is 14.4 Å². The fourth-order valence-corrected chi connectivity index (χ4v) is 2.11. The van der Waals surface area contributed by atoms with Gasteiger partial charge >= 0.3 is 0 Å². The maximum absolute atomic E-state index is 11.9. The number of primary amides is 1. The number of carbonyl (C=O) groups excluding carboxylic acids is 3. The molecule has 0 atom stereocenters. The first kappa shape index (κ1) is 14.0. The van der Waals surface area contributed by atoms with Gasteiger partial charge in [-0.2, -0.15) is 0 Å². The molecule has 6 heteroatoms. The van der Waals surface area contributed by atoms with Crippen LogP contribution in [0.25, 0.3) is 0 Å². The first-order valence-corrected chi connectivity index (χ1v) is 6.39. The van der Waals surface area contributed by atoms with Crippen molar-refractivity contribution in [2.75, 3.05) is 13.6 Å². The number of carbonyl (C=O) groups is 3. The largest absolute Gasteiger partial charge is 0.369 e. The van der Waals surface area contributed by atoms with E-state index in [0.29, 0.717) is 18.4 Å². The maximum Gasteiger partial charge on any atom is 0.251 e. The Labute approximate surface area is 116 Å². The smallest absolute Gasteiger partial charge is 0.251 e. The average Bonchev–Trinajstić information content (AvgIpc) is 3.26. The van der Waals surface area contributed by atoms with Gasteiger partial charge in [-0.25, -0.2) is 0 Å². The molecular weight excluding hydrogens is 258 g/mol. The van der Waals surface area contributed by atoms with Crippen molar-refractivity contribution in [1.29, 1.82) is 0 Å². The lowest BCUT2D eigenvalue weighted by Gasteiger charge is -2.12. The third-order valence-corrected chi connectivity index (χ3v) is 3.59. The van der Waals surface area contributed by atoms with Gasteiger partial charge in [0.25, 0.3) is 5.91 Å². The van der Waals surface area contributed by atoms with E-state index in [1.807, 2.05) is 0 Å². The number of nitrogens with two attached hydrogens (primary N) is 1. The number of rotatable bonds is 5. The molecule has 20 heavy (non-hydrogen) atoms. The third-order valence-electron chi connectivity index (χ3n) is 3.59. The number of hydrogen-bond acceptors (Lipinski definition) is 3. The summed E-state index contributed by atoms with van der Waals surface area (Å²) in [5.74, 6) is -0.985. The van der Waals surface area contributed by atoms with E-state index in [9.17, 15) is 14.4 Å². The van der Waals surface area contributed by atoms with Crippen LogP contribution in [0, 0.1) is 0 Å². The molecule has 3 amide bonds. The average molecular weight is 275 g/mol. The second kappa shape index (κ2) is 5.32. The Morgan fingerprint density at radius 2 is 2.00 bits per heavy atom. The maximum atomic E-state index is 11.9. The fourth-order valence-electron chi connectivity index (χ4n) is 2.11. The van der Waals surface area contributed by atoms with Crippen molar-refractivity contribution in [3.63, 3.8) is 0 Å². The highest BCUT2D eigenvalue weighted by atomic mass is 16.2. The van der Waals surface area contributed by atoms with Crippen molar-refractivity contribution < 1.29 is 14.4 Å². The van der Waals surface area contributed by atoms with Crippen molar-refractivity contribution >= 4 is 17.7 Å². The van der Waals surface area contributed by atoms with E-state index < -0.39 is 5.41 Å². The molecule has 1 fully saturated rings. The van der Waals surface area contributed by atoms with Crippen LogP contribution in [0.5, 0.6) is 0 Å². The van der Waals surface area contributed by atoms with Gasteiger partial charge in [-0.05, 0) is 30.5 Å². The van der Waals surface area contributed by atoms with Crippen molar-refractivity contribution in [1.82, 2.24) is 10.6 Å². The molecule has 1 aromatic rings. The highest BCUT2D eigenvalue weighted by Crippen LogP contribution is 2.47. The zero-order valence-corrected chi connectivity index (χ0v) is 11.2. The van der Waals surface area contributed by atoms with Gasteiger partial charge in [0.05, 0.1) is 12.0 Å². The molecule has 1 saturated carbocycles. The Bertz CT molecular complexity index is 565. The van der Waals surface area contributed by atoms with Crippen LogP contribution in [-0.2, 0) is 15.0 Å². The molecule has 6 nitrogen and oxygen atoms in total. The summed E-state index contributed by atoms with van der Waals surface area (Å²) in [6.07, 6.45) is 1.43. The van der Waals surface area contributed by atoms with Crippen LogP contribution in [0.1, 0.15) is 28.8 Å². The molecule has 2 rings (SSSR count). The van der Waals surface area contributed by atoms with Gasteiger partial charge in [0.2, 0.25) is 11.8 Å². The SMILES string of the molecule is CNC(=O)CNC(=O)c1cccc(C2(C(N)=O)CC2)c1. The molecule has 0 radical (unpaired) electrons. The van der Waals surface area contributed by atoms with Crippen LogP contribution in [0.4, 0.5) is 0 Å². The lowest BCUT2D eigenvalue weighted by molar-refractivity contribution is -0.120. The first-order valence-electron chi connectivity index (χ1n) is 6.39. The van der Waals surface area contributed by atoms with Crippen molar-refractivity contribution in [3.8, 4) is 0 Å². The highest BCUT2D eigenvalue weighted by Gasteiger charge is 2.50. The molecule has 0 spiro atoms. The molecule has 106 valence electrons. The Balaban J connectivity index is 2.12. The van der Waals surface area contributed by atoms with Crippen molar-refractivity contribution in [2.24, 2.45) is 5.73 Å². The molecule has 0 aromatic heterocycles. The van der Waals surface area contributed by atoms with Crippen LogP contribution < -0.4 is 16.4 Å². The first-order chi connectivity index (χ1) is 9.49. The summed E-state index contributed by atoms with van der Waals surface area (Å²) in [4.78, 5) is 34.5. The summed E-state index contributed by atoms with van der Waals surface area (Å²) < 4.78 is 0. The Hall–Kier alpha value is -2.37. The summed E-state index contributed by atoms with van der Waals surface area (Å²) in [7, 11) is 1.50. The lowest BCUT2D eigenvalue weighted by atomic mass is 9.93. The number of likely N-dealkylation sites (N-methyl/N-ethyl adjacent to an activating group) is 1. The van der Waals surface area contributed by atoms with E-state index in [1.165, 1.54) is 7.05 Å². The summed E-state index contributed by atoms with van der Waals surface area (Å²) in [5, 5.41) is 4.93. The van der Waals surface area contributed by atoms with E-state index in [1.54, 1.807) is 24.3 Å². The predicted octanol–water partition coefficient (Wildman–Crippen LogP) is -0.321. The summed E-state index contributed by atoms with van der Waals surface area (Å²) >= 11 is 0. The molecule has 0 bridgehead atoms. The van der Waals surface area contributed by atoms with Crippen LogP contribution in [0.3, 0.4) is 0 Å². The summed E-state index contributed by atoms with van der Waals surface area (Å²) in [6, 6.07) is 6.82. The van der Waals surface area contributed by atoms with Gasteiger partial charge in [0, 0.05) is 12.6 Å². The van der Waals surface area contributed by atoms with Gasteiger partial charge in [-0.15, -0.1) is 0 Å².